The average Bonchev–Trinajstić information content (AvgIpc) is 3.33. The second-order valence-corrected chi connectivity index (χ2v) is 6.85. The molecule has 0 radical (unpaired) electrons. The zero-order valence-electron chi connectivity index (χ0n) is 14.4. The molecule has 5 nitrogen and oxygen atoms in total. The van der Waals surface area contributed by atoms with Crippen molar-refractivity contribution >= 4 is 17.7 Å². The molecule has 0 spiro atoms. The molecule has 23 heavy (non-hydrogen) atoms. The van der Waals surface area contributed by atoms with Crippen molar-refractivity contribution in [2.45, 2.75) is 51.1 Å². The number of amides is 1. The van der Waals surface area contributed by atoms with Gasteiger partial charge in [-0.1, -0.05) is 11.8 Å². The van der Waals surface area contributed by atoms with Gasteiger partial charge >= 0.3 is 0 Å². The van der Waals surface area contributed by atoms with Gasteiger partial charge in [-0.15, -0.1) is 0 Å². The van der Waals surface area contributed by atoms with Crippen molar-refractivity contribution in [1.82, 2.24) is 15.3 Å². The SMILES string of the molecule is CSc1nc(C)c(CCC(=O)NCCCOCC2CC2)c(C)n1. The van der Waals surface area contributed by atoms with Gasteiger partial charge in [-0.3, -0.25) is 4.79 Å². The first-order valence-corrected chi connectivity index (χ1v) is 9.55. The Morgan fingerprint density at radius 3 is 2.61 bits per heavy atom. The molecule has 1 fully saturated rings. The number of aryl methyl sites for hydroxylation is 2. The molecule has 1 aliphatic rings. The topological polar surface area (TPSA) is 64.1 Å². The second-order valence-electron chi connectivity index (χ2n) is 6.08. The molecule has 0 aliphatic heterocycles. The summed E-state index contributed by atoms with van der Waals surface area (Å²) in [5, 5.41) is 3.75. The van der Waals surface area contributed by atoms with E-state index in [0.29, 0.717) is 19.4 Å². The Morgan fingerprint density at radius 2 is 2.00 bits per heavy atom. The molecule has 1 amide bonds. The molecule has 1 aliphatic carbocycles. The van der Waals surface area contributed by atoms with E-state index in [1.54, 1.807) is 0 Å². The standard InChI is InChI=1S/C17H27N3O2S/c1-12-15(13(2)20-17(19-12)23-3)7-8-16(21)18-9-4-10-22-11-14-5-6-14/h14H,4-11H2,1-3H3,(H,18,21). The first kappa shape index (κ1) is 18.2. The summed E-state index contributed by atoms with van der Waals surface area (Å²) in [6.07, 6.45) is 6.65. The Labute approximate surface area is 143 Å². The molecule has 1 N–H and O–H groups in total. The number of ether oxygens (including phenoxy) is 1. The first-order valence-electron chi connectivity index (χ1n) is 8.32. The van der Waals surface area contributed by atoms with Gasteiger partial charge in [0.25, 0.3) is 0 Å². The third-order valence-electron chi connectivity index (χ3n) is 4.02. The third-order valence-corrected chi connectivity index (χ3v) is 4.57. The van der Waals surface area contributed by atoms with Crippen LogP contribution in [0.15, 0.2) is 5.16 Å². The van der Waals surface area contributed by atoms with Crippen molar-refractivity contribution in [2.24, 2.45) is 5.92 Å². The van der Waals surface area contributed by atoms with E-state index in [0.717, 1.165) is 47.7 Å². The van der Waals surface area contributed by atoms with Crippen LogP contribution in [0, 0.1) is 19.8 Å². The summed E-state index contributed by atoms with van der Waals surface area (Å²) in [7, 11) is 0. The lowest BCUT2D eigenvalue weighted by molar-refractivity contribution is -0.121. The molecular formula is C17H27N3O2S. The van der Waals surface area contributed by atoms with E-state index in [2.05, 4.69) is 15.3 Å². The molecule has 2 rings (SSSR count). The second kappa shape index (κ2) is 9.23. The maximum Gasteiger partial charge on any atom is 0.220 e. The Kier molecular flexibility index (Phi) is 7.30. The summed E-state index contributed by atoms with van der Waals surface area (Å²) in [5.74, 6) is 0.885. The van der Waals surface area contributed by atoms with Gasteiger partial charge in [-0.25, -0.2) is 9.97 Å². The van der Waals surface area contributed by atoms with Crippen LogP contribution in [-0.2, 0) is 16.0 Å². The highest BCUT2D eigenvalue weighted by Gasteiger charge is 2.20. The highest BCUT2D eigenvalue weighted by Crippen LogP contribution is 2.28. The quantitative estimate of drug-likeness (QED) is 0.404. The molecule has 128 valence electrons. The summed E-state index contributed by atoms with van der Waals surface area (Å²) in [5.41, 5.74) is 3.04. The molecule has 0 atom stereocenters. The molecule has 1 heterocycles. The summed E-state index contributed by atoms with van der Waals surface area (Å²) < 4.78 is 5.55. The Bertz CT molecular complexity index is 510. The maximum absolute atomic E-state index is 11.9. The van der Waals surface area contributed by atoms with Crippen molar-refractivity contribution in [2.75, 3.05) is 26.0 Å². The van der Waals surface area contributed by atoms with Gasteiger partial charge in [0.15, 0.2) is 5.16 Å². The highest BCUT2D eigenvalue weighted by molar-refractivity contribution is 7.98. The lowest BCUT2D eigenvalue weighted by Crippen LogP contribution is -2.25. The molecule has 0 unspecified atom stereocenters. The van der Waals surface area contributed by atoms with Gasteiger partial charge in [-0.2, -0.15) is 0 Å². The number of aromatic nitrogens is 2. The molecule has 1 saturated carbocycles. The number of nitrogens with zero attached hydrogens (tertiary/aromatic N) is 2. The lowest BCUT2D eigenvalue weighted by Gasteiger charge is -2.10. The van der Waals surface area contributed by atoms with Gasteiger partial charge in [0.05, 0.1) is 0 Å². The van der Waals surface area contributed by atoms with E-state index in [-0.39, 0.29) is 5.91 Å². The Balaban J connectivity index is 1.63. The minimum Gasteiger partial charge on any atom is -0.381 e. The van der Waals surface area contributed by atoms with Gasteiger partial charge in [0, 0.05) is 37.6 Å². The number of nitrogens with one attached hydrogen (secondary N) is 1. The van der Waals surface area contributed by atoms with E-state index in [1.165, 1.54) is 24.6 Å². The lowest BCUT2D eigenvalue weighted by atomic mass is 10.1. The summed E-state index contributed by atoms with van der Waals surface area (Å²) in [6.45, 7) is 6.28. The van der Waals surface area contributed by atoms with Gasteiger partial charge in [0.1, 0.15) is 0 Å². The van der Waals surface area contributed by atoms with Crippen LogP contribution in [0.2, 0.25) is 0 Å². The van der Waals surface area contributed by atoms with Crippen molar-refractivity contribution < 1.29 is 9.53 Å². The van der Waals surface area contributed by atoms with Crippen LogP contribution < -0.4 is 5.32 Å². The summed E-state index contributed by atoms with van der Waals surface area (Å²) >= 11 is 1.54. The van der Waals surface area contributed by atoms with Crippen LogP contribution in [0.3, 0.4) is 0 Å². The summed E-state index contributed by atoms with van der Waals surface area (Å²) in [4.78, 5) is 20.8. The van der Waals surface area contributed by atoms with E-state index < -0.39 is 0 Å². The number of carbonyl (C=O) groups excluding carboxylic acids is 1. The number of hydrogen-bond donors (Lipinski definition) is 1. The minimum atomic E-state index is 0.0833. The zero-order valence-corrected chi connectivity index (χ0v) is 15.2. The Morgan fingerprint density at radius 1 is 1.30 bits per heavy atom. The number of carbonyl (C=O) groups is 1. The third kappa shape index (κ3) is 6.47. The van der Waals surface area contributed by atoms with E-state index >= 15 is 0 Å². The monoisotopic (exact) mass is 337 g/mol. The van der Waals surface area contributed by atoms with Crippen LogP contribution in [0.5, 0.6) is 0 Å². The van der Waals surface area contributed by atoms with Crippen molar-refractivity contribution in [3.8, 4) is 0 Å². The molecule has 0 aromatic carbocycles. The molecule has 0 bridgehead atoms. The predicted molar refractivity (Wildman–Crippen MR) is 92.8 cm³/mol. The van der Waals surface area contributed by atoms with E-state index in [9.17, 15) is 4.79 Å². The van der Waals surface area contributed by atoms with Crippen molar-refractivity contribution in [1.29, 1.82) is 0 Å². The Hall–Kier alpha value is -1.14. The van der Waals surface area contributed by atoms with Crippen LogP contribution in [0.25, 0.3) is 0 Å². The van der Waals surface area contributed by atoms with Crippen LogP contribution in [0.1, 0.15) is 42.6 Å². The van der Waals surface area contributed by atoms with Crippen molar-refractivity contribution in [3.05, 3.63) is 17.0 Å². The fraction of sp³-hybridized carbons (Fsp3) is 0.706. The minimum absolute atomic E-state index is 0.0833. The maximum atomic E-state index is 11.9. The van der Waals surface area contributed by atoms with E-state index in [4.69, 9.17) is 4.74 Å². The average molecular weight is 337 g/mol. The number of thioether (sulfide) groups is 1. The first-order chi connectivity index (χ1) is 11.1. The normalized spacial score (nSPS) is 14.0. The summed E-state index contributed by atoms with van der Waals surface area (Å²) in [6, 6.07) is 0. The fourth-order valence-electron chi connectivity index (χ4n) is 2.43. The zero-order chi connectivity index (χ0) is 16.7. The molecule has 1 aromatic rings. The van der Waals surface area contributed by atoms with E-state index in [1.807, 2.05) is 20.1 Å². The predicted octanol–water partition coefficient (Wildman–Crippen LogP) is 2.68. The number of rotatable bonds is 10. The van der Waals surface area contributed by atoms with Crippen LogP contribution in [0.4, 0.5) is 0 Å². The van der Waals surface area contributed by atoms with Crippen LogP contribution in [-0.4, -0.2) is 41.9 Å². The smallest absolute Gasteiger partial charge is 0.220 e. The number of hydrogen-bond acceptors (Lipinski definition) is 5. The molecule has 6 heteroatoms. The van der Waals surface area contributed by atoms with Gasteiger partial charge < -0.3 is 10.1 Å². The highest BCUT2D eigenvalue weighted by atomic mass is 32.2. The fourth-order valence-corrected chi connectivity index (χ4v) is 2.88. The van der Waals surface area contributed by atoms with Crippen LogP contribution >= 0.6 is 11.8 Å². The van der Waals surface area contributed by atoms with Crippen molar-refractivity contribution in [3.63, 3.8) is 0 Å². The largest absolute Gasteiger partial charge is 0.381 e. The van der Waals surface area contributed by atoms with Gasteiger partial charge in [0.2, 0.25) is 5.91 Å². The van der Waals surface area contributed by atoms with Gasteiger partial charge in [-0.05, 0) is 57.3 Å². The molecular weight excluding hydrogens is 310 g/mol. The molecule has 1 aromatic heterocycles. The molecule has 0 saturated heterocycles.